The third-order valence-corrected chi connectivity index (χ3v) is 3.70. The Morgan fingerprint density at radius 1 is 1.35 bits per heavy atom. The van der Waals surface area contributed by atoms with Gasteiger partial charge in [-0.3, -0.25) is 4.90 Å². The maximum atomic E-state index is 6.08. The van der Waals surface area contributed by atoms with Crippen LogP contribution in [-0.2, 0) is 0 Å². The zero-order valence-corrected chi connectivity index (χ0v) is 11.1. The lowest BCUT2D eigenvalue weighted by atomic mass is 10.1. The average Bonchev–Trinajstić information content (AvgIpc) is 2.32. The maximum Gasteiger partial charge on any atom is 0.0603 e. The van der Waals surface area contributed by atoms with Crippen LogP contribution in [0.2, 0.25) is 0 Å². The topological polar surface area (TPSA) is 32.5 Å². The monoisotopic (exact) mass is 233 g/mol. The Kier molecular flexibility index (Phi) is 3.57. The molecular weight excluding hydrogens is 210 g/mol. The van der Waals surface area contributed by atoms with Gasteiger partial charge in [0.15, 0.2) is 0 Å². The second kappa shape index (κ2) is 4.96. The Labute approximate surface area is 104 Å². The van der Waals surface area contributed by atoms with Crippen molar-refractivity contribution in [1.82, 2.24) is 4.90 Å². The molecule has 0 aliphatic carbocycles. The number of benzene rings is 1. The van der Waals surface area contributed by atoms with Crippen molar-refractivity contribution in [3.63, 3.8) is 0 Å². The van der Waals surface area contributed by atoms with Crippen LogP contribution in [0.5, 0.6) is 0 Å². The van der Waals surface area contributed by atoms with E-state index in [2.05, 4.69) is 42.7 Å². The third kappa shape index (κ3) is 2.55. The van der Waals surface area contributed by atoms with Gasteiger partial charge in [0.1, 0.15) is 0 Å². The van der Waals surface area contributed by atoms with E-state index in [1.807, 2.05) is 6.07 Å². The Balaban J connectivity index is 2.16. The highest BCUT2D eigenvalue weighted by Crippen LogP contribution is 2.26. The first-order valence-corrected chi connectivity index (χ1v) is 6.47. The third-order valence-electron chi connectivity index (χ3n) is 3.70. The molecule has 0 saturated carbocycles. The second-order valence-electron chi connectivity index (χ2n) is 4.99. The van der Waals surface area contributed by atoms with Crippen molar-refractivity contribution in [2.45, 2.75) is 26.8 Å². The minimum absolute atomic E-state index is 0.605. The SMILES string of the molecule is CCN1CCN(c2cc(C)ccc2N)CC1C. The molecule has 1 aliphatic heterocycles. The summed E-state index contributed by atoms with van der Waals surface area (Å²) in [5.74, 6) is 0. The average molecular weight is 233 g/mol. The number of aryl methyl sites for hydroxylation is 1. The first kappa shape index (κ1) is 12.2. The smallest absolute Gasteiger partial charge is 0.0603 e. The van der Waals surface area contributed by atoms with E-state index in [1.54, 1.807) is 0 Å². The molecule has 0 amide bonds. The van der Waals surface area contributed by atoms with E-state index in [-0.39, 0.29) is 0 Å². The van der Waals surface area contributed by atoms with Crippen LogP contribution >= 0.6 is 0 Å². The summed E-state index contributed by atoms with van der Waals surface area (Å²) in [6, 6.07) is 6.89. The number of hydrogen-bond acceptors (Lipinski definition) is 3. The Morgan fingerprint density at radius 3 is 2.76 bits per heavy atom. The van der Waals surface area contributed by atoms with Crippen LogP contribution in [0.4, 0.5) is 11.4 Å². The molecule has 1 unspecified atom stereocenters. The van der Waals surface area contributed by atoms with Gasteiger partial charge < -0.3 is 10.6 Å². The van der Waals surface area contributed by atoms with Crippen LogP contribution in [-0.4, -0.2) is 37.1 Å². The molecule has 1 atom stereocenters. The molecule has 1 aromatic carbocycles. The normalized spacial score (nSPS) is 21.8. The van der Waals surface area contributed by atoms with Gasteiger partial charge in [-0.2, -0.15) is 0 Å². The highest BCUT2D eigenvalue weighted by molar-refractivity contribution is 5.68. The van der Waals surface area contributed by atoms with Gasteiger partial charge in [0, 0.05) is 25.7 Å². The largest absolute Gasteiger partial charge is 0.397 e. The molecule has 0 bridgehead atoms. The molecular formula is C14H23N3. The molecule has 1 aromatic rings. The summed E-state index contributed by atoms with van der Waals surface area (Å²) < 4.78 is 0. The molecule has 1 saturated heterocycles. The fraction of sp³-hybridized carbons (Fsp3) is 0.571. The maximum absolute atomic E-state index is 6.08. The summed E-state index contributed by atoms with van der Waals surface area (Å²) >= 11 is 0. The van der Waals surface area contributed by atoms with E-state index < -0.39 is 0 Å². The van der Waals surface area contributed by atoms with Gasteiger partial charge in [-0.25, -0.2) is 0 Å². The standard InChI is InChI=1S/C14H23N3/c1-4-16-7-8-17(10-12(16)3)14-9-11(2)5-6-13(14)15/h5-6,9,12H,4,7-8,10,15H2,1-3H3. The van der Waals surface area contributed by atoms with Crippen LogP contribution in [0.1, 0.15) is 19.4 Å². The van der Waals surface area contributed by atoms with Gasteiger partial charge in [-0.15, -0.1) is 0 Å². The molecule has 1 fully saturated rings. The highest BCUT2D eigenvalue weighted by atomic mass is 15.3. The fourth-order valence-corrected chi connectivity index (χ4v) is 2.61. The highest BCUT2D eigenvalue weighted by Gasteiger charge is 2.23. The first-order chi connectivity index (χ1) is 8.11. The van der Waals surface area contributed by atoms with Crippen molar-refractivity contribution in [1.29, 1.82) is 0 Å². The number of nitrogen functional groups attached to an aromatic ring is 1. The molecule has 17 heavy (non-hydrogen) atoms. The number of piperazine rings is 1. The summed E-state index contributed by atoms with van der Waals surface area (Å²) in [7, 11) is 0. The zero-order valence-electron chi connectivity index (χ0n) is 11.1. The van der Waals surface area contributed by atoms with Crippen molar-refractivity contribution < 1.29 is 0 Å². The van der Waals surface area contributed by atoms with Crippen molar-refractivity contribution >= 4 is 11.4 Å². The fourth-order valence-electron chi connectivity index (χ4n) is 2.61. The zero-order chi connectivity index (χ0) is 12.4. The van der Waals surface area contributed by atoms with E-state index in [0.29, 0.717) is 6.04 Å². The van der Waals surface area contributed by atoms with Crippen molar-refractivity contribution in [2.24, 2.45) is 0 Å². The molecule has 2 rings (SSSR count). The van der Waals surface area contributed by atoms with Gasteiger partial charge in [0.25, 0.3) is 0 Å². The van der Waals surface area contributed by atoms with Gasteiger partial charge in [-0.1, -0.05) is 13.0 Å². The van der Waals surface area contributed by atoms with Crippen molar-refractivity contribution in [2.75, 3.05) is 36.8 Å². The lowest BCUT2D eigenvalue weighted by molar-refractivity contribution is 0.199. The minimum atomic E-state index is 0.605. The minimum Gasteiger partial charge on any atom is -0.397 e. The van der Waals surface area contributed by atoms with Crippen LogP contribution in [0, 0.1) is 6.92 Å². The molecule has 94 valence electrons. The molecule has 3 heteroatoms. The summed E-state index contributed by atoms with van der Waals surface area (Å²) in [4.78, 5) is 4.93. The summed E-state index contributed by atoms with van der Waals surface area (Å²) in [5, 5.41) is 0. The van der Waals surface area contributed by atoms with Crippen LogP contribution in [0.25, 0.3) is 0 Å². The van der Waals surface area contributed by atoms with Crippen LogP contribution < -0.4 is 10.6 Å². The van der Waals surface area contributed by atoms with Crippen LogP contribution in [0.3, 0.4) is 0 Å². The van der Waals surface area contributed by atoms with E-state index in [4.69, 9.17) is 5.73 Å². The van der Waals surface area contributed by atoms with E-state index in [9.17, 15) is 0 Å². The van der Waals surface area contributed by atoms with Gasteiger partial charge >= 0.3 is 0 Å². The molecule has 1 aliphatic rings. The number of anilines is 2. The predicted molar refractivity (Wildman–Crippen MR) is 74.5 cm³/mol. The molecule has 0 spiro atoms. The van der Waals surface area contributed by atoms with Crippen molar-refractivity contribution in [3.05, 3.63) is 23.8 Å². The quantitative estimate of drug-likeness (QED) is 0.794. The number of likely N-dealkylation sites (N-methyl/N-ethyl adjacent to an activating group) is 1. The summed E-state index contributed by atoms with van der Waals surface area (Å²) in [6.45, 7) is 11.1. The number of nitrogens with zero attached hydrogens (tertiary/aromatic N) is 2. The summed E-state index contributed by atoms with van der Waals surface area (Å²) in [5.41, 5.74) is 9.45. The van der Waals surface area contributed by atoms with Crippen molar-refractivity contribution in [3.8, 4) is 0 Å². The Morgan fingerprint density at radius 2 is 2.12 bits per heavy atom. The number of nitrogens with two attached hydrogens (primary N) is 1. The van der Waals surface area contributed by atoms with E-state index in [1.165, 1.54) is 11.3 Å². The first-order valence-electron chi connectivity index (χ1n) is 6.47. The Hall–Kier alpha value is -1.22. The lowest BCUT2D eigenvalue weighted by Crippen LogP contribution is -2.51. The summed E-state index contributed by atoms with van der Waals surface area (Å²) in [6.07, 6.45) is 0. The van der Waals surface area contributed by atoms with Gasteiger partial charge in [0.05, 0.1) is 11.4 Å². The lowest BCUT2D eigenvalue weighted by Gasteiger charge is -2.41. The Bertz CT molecular complexity index is 389. The molecule has 1 heterocycles. The van der Waals surface area contributed by atoms with Gasteiger partial charge in [-0.05, 0) is 38.1 Å². The molecule has 0 aromatic heterocycles. The molecule has 2 N–H and O–H groups in total. The second-order valence-corrected chi connectivity index (χ2v) is 4.99. The molecule has 0 radical (unpaired) electrons. The van der Waals surface area contributed by atoms with Gasteiger partial charge in [0.2, 0.25) is 0 Å². The number of hydrogen-bond donors (Lipinski definition) is 1. The number of rotatable bonds is 2. The van der Waals surface area contributed by atoms with Crippen LogP contribution in [0.15, 0.2) is 18.2 Å². The van der Waals surface area contributed by atoms with E-state index >= 15 is 0 Å². The molecule has 3 nitrogen and oxygen atoms in total. The van der Waals surface area contributed by atoms with E-state index in [0.717, 1.165) is 31.9 Å². The predicted octanol–water partition coefficient (Wildman–Crippen LogP) is 2.11.